The first-order valence-electron chi connectivity index (χ1n) is 10.4. The van der Waals surface area contributed by atoms with E-state index in [0.29, 0.717) is 12.5 Å². The highest BCUT2D eigenvalue weighted by Gasteiger charge is 2.13. The van der Waals surface area contributed by atoms with E-state index < -0.39 is 5.97 Å². The number of carboxylic acids is 1. The summed E-state index contributed by atoms with van der Waals surface area (Å²) >= 11 is 0. The summed E-state index contributed by atoms with van der Waals surface area (Å²) in [7, 11) is 0. The SMILES string of the molecule is CC=C[C@H](CC(=O)O)c1ccc(OCc2ccc3c(C)nn(CC(C)C)c3c2)cc1. The molecule has 0 saturated heterocycles. The van der Waals surface area contributed by atoms with E-state index in [0.717, 1.165) is 34.6 Å². The summed E-state index contributed by atoms with van der Waals surface area (Å²) in [6.07, 6.45) is 3.88. The molecule has 0 aliphatic heterocycles. The minimum Gasteiger partial charge on any atom is -0.489 e. The van der Waals surface area contributed by atoms with Crippen LogP contribution >= 0.6 is 0 Å². The number of hydrogen-bond donors (Lipinski definition) is 1. The molecule has 0 fully saturated rings. The van der Waals surface area contributed by atoms with Crippen LogP contribution in [0, 0.1) is 12.8 Å². The van der Waals surface area contributed by atoms with Gasteiger partial charge in [-0.25, -0.2) is 0 Å². The lowest BCUT2D eigenvalue weighted by atomic mass is 9.95. The Morgan fingerprint density at radius 2 is 1.93 bits per heavy atom. The van der Waals surface area contributed by atoms with E-state index in [-0.39, 0.29) is 12.3 Å². The molecule has 1 aromatic heterocycles. The van der Waals surface area contributed by atoms with Gasteiger partial charge in [-0.1, -0.05) is 50.3 Å². The predicted molar refractivity (Wildman–Crippen MR) is 120 cm³/mol. The van der Waals surface area contributed by atoms with Crippen molar-refractivity contribution in [1.29, 1.82) is 0 Å². The normalized spacial score (nSPS) is 12.7. The van der Waals surface area contributed by atoms with Crippen molar-refractivity contribution in [3.05, 3.63) is 71.4 Å². The van der Waals surface area contributed by atoms with E-state index >= 15 is 0 Å². The maximum Gasteiger partial charge on any atom is 0.304 e. The number of rotatable bonds is 9. The molecule has 0 spiro atoms. The third kappa shape index (κ3) is 5.29. The Labute approximate surface area is 178 Å². The minimum absolute atomic E-state index is 0.0774. The molecule has 0 radical (unpaired) electrons. The van der Waals surface area contributed by atoms with Gasteiger partial charge in [0, 0.05) is 17.8 Å². The number of benzene rings is 2. The second kappa shape index (κ2) is 9.61. The smallest absolute Gasteiger partial charge is 0.304 e. The van der Waals surface area contributed by atoms with Crippen molar-refractivity contribution in [3.63, 3.8) is 0 Å². The van der Waals surface area contributed by atoms with Gasteiger partial charge in [-0.15, -0.1) is 0 Å². The van der Waals surface area contributed by atoms with Crippen molar-refractivity contribution >= 4 is 16.9 Å². The molecule has 0 aliphatic carbocycles. The third-order valence-corrected chi connectivity index (χ3v) is 5.07. The molecule has 1 heterocycles. The van der Waals surface area contributed by atoms with E-state index in [4.69, 9.17) is 9.84 Å². The van der Waals surface area contributed by atoms with Crippen molar-refractivity contribution in [2.24, 2.45) is 5.92 Å². The highest BCUT2D eigenvalue weighted by atomic mass is 16.5. The second-order valence-electron chi connectivity index (χ2n) is 8.10. The quantitative estimate of drug-likeness (QED) is 0.462. The third-order valence-electron chi connectivity index (χ3n) is 5.07. The first-order valence-corrected chi connectivity index (χ1v) is 10.4. The van der Waals surface area contributed by atoms with Crippen molar-refractivity contribution in [1.82, 2.24) is 9.78 Å². The molecule has 5 nitrogen and oxygen atoms in total. The van der Waals surface area contributed by atoms with Gasteiger partial charge in [0.1, 0.15) is 12.4 Å². The number of aliphatic carboxylic acids is 1. The van der Waals surface area contributed by atoms with Gasteiger partial charge in [0.05, 0.1) is 17.6 Å². The van der Waals surface area contributed by atoms with E-state index in [1.807, 2.05) is 50.3 Å². The van der Waals surface area contributed by atoms with Crippen LogP contribution in [0.3, 0.4) is 0 Å². The number of aromatic nitrogens is 2. The number of hydrogen-bond acceptors (Lipinski definition) is 3. The van der Waals surface area contributed by atoms with Crippen LogP contribution in [0.5, 0.6) is 5.75 Å². The molecule has 2 aromatic carbocycles. The maximum atomic E-state index is 11.1. The summed E-state index contributed by atoms with van der Waals surface area (Å²) < 4.78 is 8.06. The van der Waals surface area contributed by atoms with Crippen molar-refractivity contribution in [2.75, 3.05) is 0 Å². The Morgan fingerprint density at radius 3 is 2.57 bits per heavy atom. The summed E-state index contributed by atoms with van der Waals surface area (Å²) in [5.74, 6) is 0.355. The van der Waals surface area contributed by atoms with E-state index in [1.54, 1.807) is 0 Å². The molecule has 3 rings (SSSR count). The van der Waals surface area contributed by atoms with Gasteiger partial charge < -0.3 is 9.84 Å². The monoisotopic (exact) mass is 406 g/mol. The first-order chi connectivity index (χ1) is 14.4. The predicted octanol–water partition coefficient (Wildman–Crippen LogP) is 5.71. The number of carboxylic acid groups (broad SMARTS) is 1. The topological polar surface area (TPSA) is 64.3 Å². The van der Waals surface area contributed by atoms with Gasteiger partial charge in [-0.2, -0.15) is 5.10 Å². The number of fused-ring (bicyclic) bond motifs is 1. The Hall–Kier alpha value is -3.08. The molecule has 1 N–H and O–H groups in total. The molecule has 1 atom stereocenters. The molecule has 30 heavy (non-hydrogen) atoms. The van der Waals surface area contributed by atoms with Crippen LogP contribution in [0.25, 0.3) is 10.9 Å². The van der Waals surface area contributed by atoms with E-state index in [2.05, 4.69) is 41.8 Å². The molecule has 3 aromatic rings. The summed E-state index contributed by atoms with van der Waals surface area (Å²) in [5, 5.41) is 15.0. The van der Waals surface area contributed by atoms with Crippen LogP contribution in [-0.2, 0) is 17.9 Å². The molecule has 158 valence electrons. The van der Waals surface area contributed by atoms with Crippen molar-refractivity contribution in [3.8, 4) is 5.75 Å². The summed E-state index contributed by atoms with van der Waals surface area (Å²) in [6, 6.07) is 14.0. The minimum atomic E-state index is -0.805. The van der Waals surface area contributed by atoms with Crippen LogP contribution in [0.2, 0.25) is 0 Å². The number of ether oxygens (including phenoxy) is 1. The van der Waals surface area contributed by atoms with Crippen LogP contribution in [0.4, 0.5) is 0 Å². The zero-order chi connectivity index (χ0) is 21.7. The van der Waals surface area contributed by atoms with Crippen molar-refractivity contribution < 1.29 is 14.6 Å². The second-order valence-corrected chi connectivity index (χ2v) is 8.10. The summed E-state index contributed by atoms with van der Waals surface area (Å²) in [6.45, 7) is 9.68. The fourth-order valence-corrected chi connectivity index (χ4v) is 3.66. The van der Waals surface area contributed by atoms with E-state index in [9.17, 15) is 4.79 Å². The molecule has 5 heteroatoms. The van der Waals surface area contributed by atoms with Gasteiger partial charge >= 0.3 is 5.97 Å². The fourth-order valence-electron chi connectivity index (χ4n) is 3.66. The van der Waals surface area contributed by atoms with E-state index in [1.165, 1.54) is 5.39 Å². The lowest BCUT2D eigenvalue weighted by molar-refractivity contribution is -0.137. The molecular formula is C25H30N2O3. The lowest BCUT2D eigenvalue weighted by Gasteiger charge is -2.12. The van der Waals surface area contributed by atoms with Gasteiger partial charge in [-0.05, 0) is 49.1 Å². The number of aryl methyl sites for hydroxylation is 1. The lowest BCUT2D eigenvalue weighted by Crippen LogP contribution is -2.06. The Balaban J connectivity index is 1.72. The Kier molecular flexibility index (Phi) is 6.93. The van der Waals surface area contributed by atoms with Crippen LogP contribution < -0.4 is 4.74 Å². The summed E-state index contributed by atoms with van der Waals surface area (Å²) in [5.41, 5.74) is 4.25. The zero-order valence-electron chi connectivity index (χ0n) is 18.1. The van der Waals surface area contributed by atoms with Gasteiger partial charge in [0.15, 0.2) is 0 Å². The Bertz CT molecular complexity index is 1030. The molecule has 0 bridgehead atoms. The van der Waals surface area contributed by atoms with Gasteiger partial charge in [-0.3, -0.25) is 9.48 Å². The maximum absolute atomic E-state index is 11.1. The highest BCUT2D eigenvalue weighted by Crippen LogP contribution is 2.25. The molecule has 0 saturated carbocycles. The van der Waals surface area contributed by atoms with Crippen molar-refractivity contribution in [2.45, 2.75) is 53.2 Å². The standard InChI is InChI=1S/C25H30N2O3/c1-5-6-21(14-25(28)29)20-8-10-22(11-9-20)30-16-19-7-12-23-18(4)26-27(15-17(2)3)24(23)13-19/h5-13,17,21H,14-16H2,1-4H3,(H,28,29)/t21-/m1/s1. The zero-order valence-corrected chi connectivity index (χ0v) is 18.1. The molecular weight excluding hydrogens is 376 g/mol. The van der Waals surface area contributed by atoms with Crippen LogP contribution in [0.15, 0.2) is 54.6 Å². The van der Waals surface area contributed by atoms with Crippen LogP contribution in [0.1, 0.15) is 49.9 Å². The van der Waals surface area contributed by atoms with Gasteiger partial charge in [0.2, 0.25) is 0 Å². The number of carbonyl (C=O) groups is 1. The molecule has 0 aliphatic rings. The average Bonchev–Trinajstić information content (AvgIpc) is 3.00. The van der Waals surface area contributed by atoms with Gasteiger partial charge in [0.25, 0.3) is 0 Å². The summed E-state index contributed by atoms with van der Waals surface area (Å²) in [4.78, 5) is 11.1. The fraction of sp³-hybridized carbons (Fsp3) is 0.360. The number of nitrogens with zero attached hydrogens (tertiary/aromatic N) is 2. The first kappa shape index (κ1) is 21.6. The molecule has 0 amide bonds. The largest absolute Gasteiger partial charge is 0.489 e. The Morgan fingerprint density at radius 1 is 1.20 bits per heavy atom. The average molecular weight is 407 g/mol. The van der Waals surface area contributed by atoms with Crippen LogP contribution in [-0.4, -0.2) is 20.9 Å². The number of allylic oxidation sites excluding steroid dienone is 2. The highest BCUT2D eigenvalue weighted by molar-refractivity contribution is 5.82. The molecule has 0 unspecified atom stereocenters.